The van der Waals surface area contributed by atoms with Crippen molar-refractivity contribution in [1.82, 2.24) is 5.32 Å². The highest BCUT2D eigenvalue weighted by atomic mass is 35.5. The van der Waals surface area contributed by atoms with Crippen LogP contribution in [0.15, 0.2) is 12.1 Å². The minimum Gasteiger partial charge on any atom is -0.370 e. The Bertz CT molecular complexity index is 448. The first-order valence-corrected chi connectivity index (χ1v) is 5.15. The Hall–Kier alpha value is -0.880. The number of rotatable bonds is 1. The first kappa shape index (κ1) is 16.1. The summed E-state index contributed by atoms with van der Waals surface area (Å²) in [5, 5.41) is 19.9. The maximum atomic E-state index is 7.40. The Morgan fingerprint density at radius 2 is 1.71 bits per heavy atom. The summed E-state index contributed by atoms with van der Waals surface area (Å²) in [7, 11) is 0. The van der Waals surface area contributed by atoms with E-state index in [2.05, 4.69) is 10.6 Å². The summed E-state index contributed by atoms with van der Waals surface area (Å²) in [6.45, 7) is 0. The molecule has 0 amide bonds. The maximum absolute atomic E-state index is 7.40. The van der Waals surface area contributed by atoms with E-state index in [4.69, 9.17) is 51.4 Å². The third kappa shape index (κ3) is 4.47. The molecule has 1 aromatic rings. The molecular weight excluding hydrogens is 308 g/mol. The van der Waals surface area contributed by atoms with Crippen molar-refractivity contribution in [3.05, 3.63) is 27.2 Å². The van der Waals surface area contributed by atoms with Crippen molar-refractivity contribution in [3.63, 3.8) is 0 Å². The molecule has 94 valence electrons. The van der Waals surface area contributed by atoms with Crippen LogP contribution in [0, 0.1) is 10.8 Å². The van der Waals surface area contributed by atoms with Gasteiger partial charge in [-0.15, -0.1) is 12.4 Å². The first-order chi connectivity index (χ1) is 7.41. The maximum Gasteiger partial charge on any atom is 0.199 e. The van der Waals surface area contributed by atoms with Gasteiger partial charge in [0.2, 0.25) is 0 Å². The minimum atomic E-state index is -0.353. The first-order valence-electron chi connectivity index (χ1n) is 4.02. The molecule has 1 rings (SSSR count). The van der Waals surface area contributed by atoms with E-state index in [9.17, 15) is 0 Å². The predicted molar refractivity (Wildman–Crippen MR) is 75.1 cm³/mol. The molecule has 0 saturated carbocycles. The van der Waals surface area contributed by atoms with Gasteiger partial charge in [0.05, 0.1) is 20.8 Å². The monoisotopic (exact) mass is 315 g/mol. The lowest BCUT2D eigenvalue weighted by molar-refractivity contribution is 1.20. The fourth-order valence-electron chi connectivity index (χ4n) is 0.923. The van der Waals surface area contributed by atoms with E-state index in [0.717, 1.165) is 0 Å². The van der Waals surface area contributed by atoms with Gasteiger partial charge in [0.25, 0.3) is 0 Å². The normalized spacial score (nSPS) is 9.12. The van der Waals surface area contributed by atoms with Crippen LogP contribution in [0.25, 0.3) is 0 Å². The van der Waals surface area contributed by atoms with E-state index in [-0.39, 0.29) is 34.4 Å². The second kappa shape index (κ2) is 6.76. The fraction of sp³-hybridized carbons (Fsp3) is 0. The van der Waals surface area contributed by atoms with E-state index in [1.807, 2.05) is 0 Å². The molecule has 0 saturated heterocycles. The van der Waals surface area contributed by atoms with Gasteiger partial charge in [-0.3, -0.25) is 16.1 Å². The van der Waals surface area contributed by atoms with Crippen LogP contribution in [0.5, 0.6) is 0 Å². The summed E-state index contributed by atoms with van der Waals surface area (Å²) < 4.78 is 0. The van der Waals surface area contributed by atoms with Crippen LogP contribution < -0.4 is 16.4 Å². The summed E-state index contributed by atoms with van der Waals surface area (Å²) >= 11 is 17.4. The molecule has 0 atom stereocenters. The minimum absolute atomic E-state index is 0. The second-order valence-corrected chi connectivity index (χ2v) is 3.92. The molecule has 17 heavy (non-hydrogen) atoms. The van der Waals surface area contributed by atoms with Gasteiger partial charge in [-0.1, -0.05) is 34.8 Å². The smallest absolute Gasteiger partial charge is 0.199 e. The largest absolute Gasteiger partial charge is 0.370 e. The summed E-state index contributed by atoms with van der Waals surface area (Å²) in [5.41, 5.74) is 5.45. The number of hydrogen-bond acceptors (Lipinski definition) is 2. The fourth-order valence-corrected chi connectivity index (χ4v) is 1.51. The molecule has 0 spiro atoms. The molecule has 6 N–H and O–H groups in total. The molecule has 0 bridgehead atoms. The highest BCUT2D eigenvalue weighted by Crippen LogP contribution is 2.35. The number of anilines is 1. The zero-order chi connectivity index (χ0) is 12.3. The van der Waals surface area contributed by atoms with Crippen LogP contribution in [-0.4, -0.2) is 11.9 Å². The van der Waals surface area contributed by atoms with Gasteiger partial charge < -0.3 is 11.1 Å². The quantitative estimate of drug-likeness (QED) is 0.313. The van der Waals surface area contributed by atoms with Gasteiger partial charge in [0.15, 0.2) is 11.9 Å². The molecule has 0 aliphatic carbocycles. The number of benzene rings is 1. The van der Waals surface area contributed by atoms with Crippen molar-refractivity contribution in [3.8, 4) is 0 Å². The average molecular weight is 317 g/mol. The zero-order valence-corrected chi connectivity index (χ0v) is 11.4. The zero-order valence-electron chi connectivity index (χ0n) is 8.27. The Kier molecular flexibility index (Phi) is 6.41. The van der Waals surface area contributed by atoms with Gasteiger partial charge in [-0.2, -0.15) is 0 Å². The van der Waals surface area contributed by atoms with Crippen molar-refractivity contribution in [2.75, 3.05) is 5.32 Å². The van der Waals surface area contributed by atoms with Crippen molar-refractivity contribution < 1.29 is 0 Å². The third-order valence-corrected chi connectivity index (χ3v) is 2.85. The second-order valence-electron chi connectivity index (χ2n) is 2.76. The van der Waals surface area contributed by atoms with Crippen LogP contribution in [0.3, 0.4) is 0 Å². The number of halogens is 4. The Morgan fingerprint density at radius 1 is 1.12 bits per heavy atom. The van der Waals surface area contributed by atoms with Crippen LogP contribution in [0.4, 0.5) is 5.69 Å². The van der Waals surface area contributed by atoms with Crippen molar-refractivity contribution in [2.45, 2.75) is 0 Å². The van der Waals surface area contributed by atoms with E-state index < -0.39 is 0 Å². The highest BCUT2D eigenvalue weighted by Gasteiger charge is 2.09. The summed E-state index contributed by atoms with van der Waals surface area (Å²) in [6.07, 6.45) is 0. The van der Waals surface area contributed by atoms with Crippen LogP contribution >= 0.6 is 47.2 Å². The number of nitrogens with two attached hydrogens (primary N) is 1. The van der Waals surface area contributed by atoms with Crippen molar-refractivity contribution in [1.29, 1.82) is 10.8 Å². The molecule has 1 aromatic carbocycles. The summed E-state index contributed by atoms with van der Waals surface area (Å²) in [6, 6.07) is 3.10. The molecule has 0 radical (unpaired) electrons. The van der Waals surface area contributed by atoms with Crippen LogP contribution in [-0.2, 0) is 0 Å². The van der Waals surface area contributed by atoms with Gasteiger partial charge in [-0.25, -0.2) is 0 Å². The predicted octanol–water partition coefficient (Wildman–Crippen LogP) is 2.90. The topological polar surface area (TPSA) is 97.8 Å². The van der Waals surface area contributed by atoms with Gasteiger partial charge in [-0.05, 0) is 12.1 Å². The third-order valence-electron chi connectivity index (χ3n) is 1.55. The van der Waals surface area contributed by atoms with Crippen molar-refractivity contribution >= 4 is 64.8 Å². The van der Waals surface area contributed by atoms with Crippen LogP contribution in [0.2, 0.25) is 15.1 Å². The lowest BCUT2D eigenvalue weighted by atomic mass is 10.3. The lowest BCUT2D eigenvalue weighted by Crippen LogP contribution is -2.39. The van der Waals surface area contributed by atoms with Crippen molar-refractivity contribution in [2.24, 2.45) is 5.73 Å². The lowest BCUT2D eigenvalue weighted by Gasteiger charge is -2.11. The molecule has 0 aliphatic rings. The molecule has 0 aliphatic heterocycles. The molecule has 0 unspecified atom stereocenters. The van der Waals surface area contributed by atoms with E-state index in [0.29, 0.717) is 10.7 Å². The average Bonchev–Trinajstić information content (AvgIpc) is 2.18. The SMILES string of the molecule is Cl.N=C(N)NC(=N)Nc1ccc(Cl)c(Cl)c1Cl. The van der Waals surface area contributed by atoms with Gasteiger partial charge in [0.1, 0.15) is 0 Å². The summed E-state index contributed by atoms with van der Waals surface area (Å²) in [5.74, 6) is -0.540. The summed E-state index contributed by atoms with van der Waals surface area (Å²) in [4.78, 5) is 0. The molecule has 0 heterocycles. The Morgan fingerprint density at radius 3 is 2.24 bits per heavy atom. The standard InChI is InChI=1S/C8H8Cl3N5.ClH/c9-3-1-2-4(6(11)5(3)10)15-8(14)16-7(12)13;/h1-2H,(H6,12,13,14,15,16);1H. The van der Waals surface area contributed by atoms with Crippen LogP contribution in [0.1, 0.15) is 0 Å². The van der Waals surface area contributed by atoms with E-state index in [1.165, 1.54) is 0 Å². The molecular formula is C8H9Cl4N5. The van der Waals surface area contributed by atoms with E-state index >= 15 is 0 Å². The number of nitrogens with one attached hydrogen (secondary N) is 4. The number of hydrogen-bond donors (Lipinski definition) is 5. The Balaban J connectivity index is 0.00000256. The molecule has 0 aromatic heterocycles. The molecule has 0 fully saturated rings. The Labute approximate surface area is 119 Å². The highest BCUT2D eigenvalue weighted by molar-refractivity contribution is 6.49. The molecule has 5 nitrogen and oxygen atoms in total. The molecule has 9 heteroatoms. The number of guanidine groups is 2. The van der Waals surface area contributed by atoms with Gasteiger partial charge >= 0.3 is 0 Å². The van der Waals surface area contributed by atoms with Gasteiger partial charge in [0, 0.05) is 0 Å². The van der Waals surface area contributed by atoms with E-state index in [1.54, 1.807) is 12.1 Å².